The van der Waals surface area contributed by atoms with Crippen molar-refractivity contribution in [3.63, 3.8) is 0 Å². The lowest BCUT2D eigenvalue weighted by molar-refractivity contribution is 0.575. The molecule has 0 aliphatic rings. The summed E-state index contributed by atoms with van der Waals surface area (Å²) in [4.78, 5) is 0.218. The molecule has 0 aliphatic carbocycles. The highest BCUT2D eigenvalue weighted by Gasteiger charge is 2.17. The van der Waals surface area contributed by atoms with E-state index < -0.39 is 10.0 Å². The number of aromatic amines is 1. The van der Waals surface area contributed by atoms with Gasteiger partial charge in [-0.25, -0.2) is 13.1 Å². The molecule has 1 heterocycles. The molecule has 3 N–H and O–H groups in total. The maximum atomic E-state index is 11.8. The summed E-state index contributed by atoms with van der Waals surface area (Å²) in [6.45, 7) is 5.83. The molecule has 1 aromatic heterocycles. The molecule has 0 aromatic carbocycles. The Morgan fingerprint density at radius 2 is 2.19 bits per heavy atom. The van der Waals surface area contributed by atoms with Crippen molar-refractivity contribution in [2.45, 2.75) is 25.2 Å². The van der Waals surface area contributed by atoms with Gasteiger partial charge in [-0.15, -0.1) is 0 Å². The van der Waals surface area contributed by atoms with Crippen LogP contribution in [0.3, 0.4) is 0 Å². The molecule has 1 aromatic rings. The third kappa shape index (κ3) is 3.58. The number of sulfonamides is 1. The van der Waals surface area contributed by atoms with E-state index in [0.29, 0.717) is 12.2 Å². The molecule has 0 unspecified atom stereocenters. The summed E-state index contributed by atoms with van der Waals surface area (Å²) in [6.07, 6.45) is 2.09. The standard InChI is InChI=1S/C9H18N4O2S/c1-3-10-5-4-6-12-16(14,15)9-7-11-13-8(9)2/h7,10,12H,3-6H2,1-2H3,(H,11,13). The topological polar surface area (TPSA) is 86.9 Å². The van der Waals surface area contributed by atoms with Crippen molar-refractivity contribution in [2.24, 2.45) is 0 Å². The fraction of sp³-hybridized carbons (Fsp3) is 0.667. The van der Waals surface area contributed by atoms with E-state index in [9.17, 15) is 8.42 Å². The lowest BCUT2D eigenvalue weighted by Gasteiger charge is -2.05. The quantitative estimate of drug-likeness (QED) is 0.591. The Bertz CT molecular complexity index is 413. The fourth-order valence-electron chi connectivity index (χ4n) is 1.29. The highest BCUT2D eigenvalue weighted by atomic mass is 32.2. The van der Waals surface area contributed by atoms with Crippen LogP contribution in [0.15, 0.2) is 11.1 Å². The van der Waals surface area contributed by atoms with Gasteiger partial charge in [-0.2, -0.15) is 5.10 Å². The number of hydrogen-bond acceptors (Lipinski definition) is 4. The second kappa shape index (κ2) is 5.97. The normalized spacial score (nSPS) is 11.9. The van der Waals surface area contributed by atoms with Crippen molar-refractivity contribution in [1.29, 1.82) is 0 Å². The molecule has 0 saturated carbocycles. The first-order valence-corrected chi connectivity index (χ1v) is 6.76. The van der Waals surface area contributed by atoms with E-state index in [-0.39, 0.29) is 4.90 Å². The molecule has 0 saturated heterocycles. The highest BCUT2D eigenvalue weighted by molar-refractivity contribution is 7.89. The zero-order chi connectivity index (χ0) is 12.0. The largest absolute Gasteiger partial charge is 0.317 e. The first-order chi connectivity index (χ1) is 7.58. The summed E-state index contributed by atoms with van der Waals surface area (Å²) >= 11 is 0. The predicted octanol–water partition coefficient (Wildman–Crippen LogP) is -0.00398. The summed E-state index contributed by atoms with van der Waals surface area (Å²) in [5.74, 6) is 0. The van der Waals surface area contributed by atoms with Crippen LogP contribution in [0.1, 0.15) is 19.0 Å². The molecule has 0 spiro atoms. The van der Waals surface area contributed by atoms with E-state index in [1.165, 1.54) is 6.20 Å². The Balaban J connectivity index is 2.45. The van der Waals surface area contributed by atoms with Crippen LogP contribution in [-0.2, 0) is 10.0 Å². The molecule has 7 heteroatoms. The number of H-pyrrole nitrogens is 1. The van der Waals surface area contributed by atoms with Crippen LogP contribution in [0.25, 0.3) is 0 Å². The lowest BCUT2D eigenvalue weighted by Crippen LogP contribution is -2.27. The van der Waals surface area contributed by atoms with Gasteiger partial charge in [0.25, 0.3) is 0 Å². The van der Waals surface area contributed by atoms with E-state index in [1.807, 2.05) is 6.92 Å². The van der Waals surface area contributed by atoms with Crippen molar-refractivity contribution in [1.82, 2.24) is 20.2 Å². The van der Waals surface area contributed by atoms with Crippen LogP contribution in [0.5, 0.6) is 0 Å². The first-order valence-electron chi connectivity index (χ1n) is 5.28. The SMILES string of the molecule is CCNCCCNS(=O)(=O)c1cn[nH]c1C. The summed E-state index contributed by atoms with van der Waals surface area (Å²) in [5.41, 5.74) is 0.555. The summed E-state index contributed by atoms with van der Waals surface area (Å²) < 4.78 is 26.0. The molecule has 0 radical (unpaired) electrons. The Morgan fingerprint density at radius 3 is 2.75 bits per heavy atom. The smallest absolute Gasteiger partial charge is 0.243 e. The van der Waals surface area contributed by atoms with E-state index in [4.69, 9.17) is 0 Å². The summed E-state index contributed by atoms with van der Waals surface area (Å²) in [7, 11) is -3.41. The molecule has 1 rings (SSSR count). The summed E-state index contributed by atoms with van der Waals surface area (Å²) in [5, 5.41) is 9.42. The zero-order valence-corrected chi connectivity index (χ0v) is 10.4. The number of aryl methyl sites for hydroxylation is 1. The van der Waals surface area contributed by atoms with Crippen LogP contribution >= 0.6 is 0 Å². The molecule has 0 amide bonds. The zero-order valence-electron chi connectivity index (χ0n) is 9.58. The molecule has 0 aliphatic heterocycles. The van der Waals surface area contributed by atoms with Crippen molar-refractivity contribution < 1.29 is 8.42 Å². The number of aromatic nitrogens is 2. The average Bonchev–Trinajstić information content (AvgIpc) is 2.65. The Labute approximate surface area is 95.9 Å². The maximum absolute atomic E-state index is 11.8. The minimum Gasteiger partial charge on any atom is -0.317 e. The number of nitrogens with zero attached hydrogens (tertiary/aromatic N) is 1. The van der Waals surface area contributed by atoms with Crippen molar-refractivity contribution in [3.05, 3.63) is 11.9 Å². The molecule has 0 bridgehead atoms. The Hall–Kier alpha value is -0.920. The van der Waals surface area contributed by atoms with Crippen molar-refractivity contribution in [2.75, 3.05) is 19.6 Å². The van der Waals surface area contributed by atoms with Gasteiger partial charge in [0.1, 0.15) is 4.90 Å². The Morgan fingerprint density at radius 1 is 1.44 bits per heavy atom. The molecule has 0 atom stereocenters. The number of nitrogens with one attached hydrogen (secondary N) is 3. The molecule has 16 heavy (non-hydrogen) atoms. The average molecular weight is 246 g/mol. The van der Waals surface area contributed by atoms with Crippen LogP contribution in [-0.4, -0.2) is 38.2 Å². The van der Waals surface area contributed by atoms with Crippen LogP contribution in [0.4, 0.5) is 0 Å². The number of hydrogen-bond donors (Lipinski definition) is 3. The Kier molecular flexibility index (Phi) is 4.91. The maximum Gasteiger partial charge on any atom is 0.243 e. The third-order valence-corrected chi connectivity index (χ3v) is 3.72. The van der Waals surface area contributed by atoms with Gasteiger partial charge in [-0.3, -0.25) is 5.10 Å². The first kappa shape index (κ1) is 13.1. The third-order valence-electron chi connectivity index (χ3n) is 2.15. The fourth-order valence-corrected chi connectivity index (χ4v) is 2.49. The molecular formula is C9H18N4O2S. The van der Waals surface area contributed by atoms with Gasteiger partial charge < -0.3 is 5.32 Å². The van der Waals surface area contributed by atoms with Crippen LogP contribution in [0, 0.1) is 6.92 Å². The van der Waals surface area contributed by atoms with Crippen LogP contribution < -0.4 is 10.0 Å². The van der Waals surface area contributed by atoms with Gasteiger partial charge in [0.2, 0.25) is 10.0 Å². The van der Waals surface area contributed by atoms with Gasteiger partial charge in [0, 0.05) is 6.54 Å². The molecule has 92 valence electrons. The van der Waals surface area contributed by atoms with Gasteiger partial charge in [-0.05, 0) is 26.4 Å². The van der Waals surface area contributed by atoms with E-state index in [0.717, 1.165) is 19.5 Å². The van der Waals surface area contributed by atoms with E-state index in [1.54, 1.807) is 6.92 Å². The molecular weight excluding hydrogens is 228 g/mol. The van der Waals surface area contributed by atoms with Gasteiger partial charge in [0.15, 0.2) is 0 Å². The minimum absolute atomic E-state index is 0.218. The second-order valence-electron chi connectivity index (χ2n) is 3.46. The van der Waals surface area contributed by atoms with Gasteiger partial charge in [0.05, 0.1) is 11.9 Å². The molecule has 6 nitrogen and oxygen atoms in total. The van der Waals surface area contributed by atoms with Gasteiger partial charge in [-0.1, -0.05) is 6.92 Å². The highest BCUT2D eigenvalue weighted by Crippen LogP contribution is 2.10. The van der Waals surface area contributed by atoms with Crippen molar-refractivity contribution in [3.8, 4) is 0 Å². The van der Waals surface area contributed by atoms with Crippen molar-refractivity contribution >= 4 is 10.0 Å². The second-order valence-corrected chi connectivity index (χ2v) is 5.20. The number of rotatable bonds is 7. The predicted molar refractivity (Wildman–Crippen MR) is 61.7 cm³/mol. The monoisotopic (exact) mass is 246 g/mol. The lowest BCUT2D eigenvalue weighted by atomic mass is 10.4. The minimum atomic E-state index is -3.41. The van der Waals surface area contributed by atoms with E-state index >= 15 is 0 Å². The van der Waals surface area contributed by atoms with Gasteiger partial charge >= 0.3 is 0 Å². The van der Waals surface area contributed by atoms with E-state index in [2.05, 4.69) is 20.2 Å². The molecule has 0 fully saturated rings. The van der Waals surface area contributed by atoms with Crippen LogP contribution in [0.2, 0.25) is 0 Å². The summed E-state index contributed by atoms with van der Waals surface area (Å²) in [6, 6.07) is 0.